The zero-order chi connectivity index (χ0) is 20.1. The van der Waals surface area contributed by atoms with Gasteiger partial charge in [-0.3, -0.25) is 4.79 Å². The number of hydrogen-bond acceptors (Lipinski definition) is 4. The predicted octanol–water partition coefficient (Wildman–Crippen LogP) is 4.00. The van der Waals surface area contributed by atoms with Gasteiger partial charge >= 0.3 is 12.6 Å². The van der Waals surface area contributed by atoms with Crippen LogP contribution in [0.1, 0.15) is 43.7 Å². The van der Waals surface area contributed by atoms with Crippen LogP contribution in [0.15, 0.2) is 23.2 Å². The highest BCUT2D eigenvalue weighted by atomic mass is 127. The van der Waals surface area contributed by atoms with Crippen molar-refractivity contribution in [1.82, 2.24) is 10.6 Å². The Hall–Kier alpha value is -1.65. The molecule has 0 saturated carbocycles. The maximum Gasteiger partial charge on any atom is 0.387 e. The maximum absolute atomic E-state index is 12.5. The lowest BCUT2D eigenvalue weighted by atomic mass is 10.1. The topological polar surface area (TPSA) is 72.0 Å². The van der Waals surface area contributed by atoms with Crippen LogP contribution in [-0.4, -0.2) is 38.7 Å². The van der Waals surface area contributed by atoms with Crippen molar-refractivity contribution in [3.05, 3.63) is 29.3 Å². The molecule has 0 fully saturated rings. The Morgan fingerprint density at radius 2 is 1.96 bits per heavy atom. The van der Waals surface area contributed by atoms with E-state index in [0.717, 1.165) is 24.8 Å². The molecule has 1 rings (SSSR count). The third kappa shape index (κ3) is 11.3. The molecular formula is C19H30F2IN3O3. The van der Waals surface area contributed by atoms with E-state index in [1.165, 1.54) is 13.2 Å². The fraction of sp³-hybridized carbons (Fsp3) is 0.579. The molecule has 1 aromatic rings. The van der Waals surface area contributed by atoms with Gasteiger partial charge in [0.25, 0.3) is 0 Å². The van der Waals surface area contributed by atoms with Crippen molar-refractivity contribution in [2.45, 2.75) is 52.7 Å². The number of halogens is 3. The lowest BCUT2D eigenvalue weighted by Gasteiger charge is -2.13. The summed E-state index contributed by atoms with van der Waals surface area (Å²) in [5.41, 5.74) is 1.55. The van der Waals surface area contributed by atoms with Crippen LogP contribution in [0, 0.1) is 6.92 Å². The number of nitrogens with one attached hydrogen (secondary N) is 2. The number of benzene rings is 1. The van der Waals surface area contributed by atoms with Crippen LogP contribution in [0.5, 0.6) is 5.75 Å². The average Bonchev–Trinajstić information content (AvgIpc) is 2.63. The molecule has 6 nitrogen and oxygen atoms in total. The van der Waals surface area contributed by atoms with Crippen LogP contribution in [0.2, 0.25) is 0 Å². The Morgan fingerprint density at radius 3 is 2.61 bits per heavy atom. The SMILES string of the molecule is CCNC(=NCc1cc(C)ccc1OC(F)F)NCCCCCC(=O)OC.I. The van der Waals surface area contributed by atoms with Gasteiger partial charge < -0.3 is 20.1 Å². The van der Waals surface area contributed by atoms with Crippen LogP contribution in [-0.2, 0) is 16.1 Å². The molecule has 0 radical (unpaired) electrons. The number of aliphatic imine (C=N–C) groups is 1. The molecule has 0 atom stereocenters. The number of unbranched alkanes of at least 4 members (excludes halogenated alkanes) is 2. The predicted molar refractivity (Wildman–Crippen MR) is 117 cm³/mol. The number of esters is 1. The molecule has 0 aromatic heterocycles. The minimum Gasteiger partial charge on any atom is -0.469 e. The highest BCUT2D eigenvalue weighted by Gasteiger charge is 2.10. The van der Waals surface area contributed by atoms with Gasteiger partial charge in [0, 0.05) is 25.1 Å². The normalized spacial score (nSPS) is 11.0. The van der Waals surface area contributed by atoms with Crippen molar-refractivity contribution >= 4 is 35.9 Å². The number of alkyl halides is 2. The van der Waals surface area contributed by atoms with E-state index < -0.39 is 6.61 Å². The van der Waals surface area contributed by atoms with Crippen LogP contribution in [0.4, 0.5) is 8.78 Å². The monoisotopic (exact) mass is 513 g/mol. The van der Waals surface area contributed by atoms with Crippen LogP contribution < -0.4 is 15.4 Å². The number of ether oxygens (including phenoxy) is 2. The first-order valence-corrected chi connectivity index (χ1v) is 9.09. The Kier molecular flexibility index (Phi) is 14.4. The fourth-order valence-electron chi connectivity index (χ4n) is 2.43. The Bertz CT molecular complexity index is 616. The average molecular weight is 513 g/mol. The van der Waals surface area contributed by atoms with Gasteiger partial charge in [0.15, 0.2) is 5.96 Å². The number of carbonyl (C=O) groups excluding carboxylic acids is 1. The summed E-state index contributed by atoms with van der Waals surface area (Å²) in [6.45, 7) is 2.57. The summed E-state index contributed by atoms with van der Waals surface area (Å²) in [5, 5.41) is 6.32. The van der Waals surface area contributed by atoms with E-state index in [1.54, 1.807) is 12.1 Å². The van der Waals surface area contributed by atoms with E-state index in [-0.39, 0.29) is 42.2 Å². The molecule has 9 heteroatoms. The number of rotatable bonds is 11. The molecule has 0 aliphatic heterocycles. The van der Waals surface area contributed by atoms with Gasteiger partial charge in [-0.15, -0.1) is 24.0 Å². The van der Waals surface area contributed by atoms with Crippen molar-refractivity contribution < 1.29 is 23.0 Å². The van der Waals surface area contributed by atoms with Gasteiger partial charge in [0.2, 0.25) is 0 Å². The van der Waals surface area contributed by atoms with E-state index in [2.05, 4.69) is 25.1 Å². The molecule has 0 aliphatic rings. The standard InChI is InChI=1S/C19H29F2N3O3.HI/c1-4-22-19(23-11-7-5-6-8-17(25)26-3)24-13-15-12-14(2)9-10-16(15)27-18(20)21;/h9-10,12,18H,4-8,11,13H2,1-3H3,(H2,22,23,24);1H. The van der Waals surface area contributed by atoms with Crippen LogP contribution >= 0.6 is 24.0 Å². The second kappa shape index (κ2) is 15.3. The van der Waals surface area contributed by atoms with Crippen molar-refractivity contribution in [2.24, 2.45) is 4.99 Å². The zero-order valence-electron chi connectivity index (χ0n) is 16.6. The fourth-order valence-corrected chi connectivity index (χ4v) is 2.43. The molecule has 2 N–H and O–H groups in total. The summed E-state index contributed by atoms with van der Waals surface area (Å²) in [4.78, 5) is 15.5. The summed E-state index contributed by atoms with van der Waals surface area (Å²) in [5.74, 6) is 0.547. The van der Waals surface area contributed by atoms with E-state index in [9.17, 15) is 13.6 Å². The Balaban J connectivity index is 0.00000729. The van der Waals surface area contributed by atoms with E-state index in [0.29, 0.717) is 31.0 Å². The Morgan fingerprint density at radius 1 is 1.21 bits per heavy atom. The zero-order valence-corrected chi connectivity index (χ0v) is 18.9. The number of hydrogen-bond donors (Lipinski definition) is 2. The highest BCUT2D eigenvalue weighted by Crippen LogP contribution is 2.22. The molecule has 0 saturated heterocycles. The lowest BCUT2D eigenvalue weighted by Crippen LogP contribution is -2.37. The van der Waals surface area contributed by atoms with Gasteiger partial charge in [-0.1, -0.05) is 24.1 Å². The lowest BCUT2D eigenvalue weighted by molar-refractivity contribution is -0.140. The smallest absolute Gasteiger partial charge is 0.387 e. The van der Waals surface area contributed by atoms with Crippen LogP contribution in [0.25, 0.3) is 0 Å². The molecule has 0 amide bonds. The summed E-state index contributed by atoms with van der Waals surface area (Å²) < 4.78 is 34.3. The van der Waals surface area contributed by atoms with E-state index >= 15 is 0 Å². The molecule has 0 spiro atoms. The van der Waals surface area contributed by atoms with Gasteiger partial charge in [-0.05, 0) is 32.8 Å². The third-order valence-corrected chi connectivity index (χ3v) is 3.76. The maximum atomic E-state index is 12.5. The van der Waals surface area contributed by atoms with Crippen molar-refractivity contribution in [3.63, 3.8) is 0 Å². The number of aryl methyl sites for hydroxylation is 1. The summed E-state index contributed by atoms with van der Waals surface area (Å²) >= 11 is 0. The van der Waals surface area contributed by atoms with Gasteiger partial charge in [-0.2, -0.15) is 8.78 Å². The minimum absolute atomic E-state index is 0. The van der Waals surface area contributed by atoms with Gasteiger partial charge in [-0.25, -0.2) is 4.99 Å². The van der Waals surface area contributed by atoms with E-state index in [1.807, 2.05) is 13.8 Å². The quantitative estimate of drug-likeness (QED) is 0.154. The molecule has 0 bridgehead atoms. The first-order chi connectivity index (χ1) is 13.0. The van der Waals surface area contributed by atoms with Crippen molar-refractivity contribution in [1.29, 1.82) is 0 Å². The third-order valence-electron chi connectivity index (χ3n) is 3.76. The molecule has 0 unspecified atom stereocenters. The van der Waals surface area contributed by atoms with Gasteiger partial charge in [0.05, 0.1) is 13.7 Å². The number of nitrogens with zero attached hydrogens (tertiary/aromatic N) is 1. The number of guanidine groups is 1. The van der Waals surface area contributed by atoms with Crippen LogP contribution in [0.3, 0.4) is 0 Å². The molecule has 0 aliphatic carbocycles. The van der Waals surface area contributed by atoms with Gasteiger partial charge in [0.1, 0.15) is 5.75 Å². The number of carbonyl (C=O) groups is 1. The molecule has 160 valence electrons. The van der Waals surface area contributed by atoms with E-state index in [4.69, 9.17) is 0 Å². The second-order valence-corrected chi connectivity index (χ2v) is 6.00. The summed E-state index contributed by atoms with van der Waals surface area (Å²) in [6, 6.07) is 5.05. The first-order valence-electron chi connectivity index (χ1n) is 9.09. The minimum atomic E-state index is -2.87. The molecule has 28 heavy (non-hydrogen) atoms. The van der Waals surface area contributed by atoms with Crippen molar-refractivity contribution in [3.8, 4) is 5.75 Å². The Labute approximate surface area is 182 Å². The molecule has 0 heterocycles. The largest absolute Gasteiger partial charge is 0.469 e. The van der Waals surface area contributed by atoms with Crippen molar-refractivity contribution in [2.75, 3.05) is 20.2 Å². The first kappa shape index (κ1) is 26.4. The summed E-state index contributed by atoms with van der Waals surface area (Å²) in [7, 11) is 1.38. The number of methoxy groups -OCH3 is 1. The molecule has 1 aromatic carbocycles. The highest BCUT2D eigenvalue weighted by molar-refractivity contribution is 14.0. The molecular weight excluding hydrogens is 483 g/mol. The summed E-state index contributed by atoms with van der Waals surface area (Å²) in [6.07, 6.45) is 2.97. The second-order valence-electron chi connectivity index (χ2n) is 6.00.